The second kappa shape index (κ2) is 5.02. The van der Waals surface area contributed by atoms with Crippen LogP contribution < -0.4 is 10.2 Å². The van der Waals surface area contributed by atoms with Gasteiger partial charge in [-0.25, -0.2) is 4.98 Å². The van der Waals surface area contributed by atoms with Gasteiger partial charge in [0.2, 0.25) is 5.13 Å². The topological polar surface area (TPSA) is 41.1 Å². The van der Waals surface area contributed by atoms with Crippen molar-refractivity contribution in [2.75, 3.05) is 18.0 Å². The lowest BCUT2D eigenvalue weighted by Gasteiger charge is -2.24. The van der Waals surface area contributed by atoms with Gasteiger partial charge in [-0.2, -0.15) is 4.37 Å². The molecule has 1 aromatic rings. The molecule has 3 rings (SSSR count). The highest BCUT2D eigenvalue weighted by Gasteiger charge is 2.30. The van der Waals surface area contributed by atoms with Crippen molar-refractivity contribution in [2.45, 2.75) is 64.0 Å². The maximum atomic E-state index is 4.76. The molecule has 1 aliphatic carbocycles. The molecule has 1 unspecified atom stereocenters. The van der Waals surface area contributed by atoms with E-state index in [1.165, 1.54) is 25.7 Å². The fourth-order valence-electron chi connectivity index (χ4n) is 2.53. The van der Waals surface area contributed by atoms with Crippen LogP contribution in [0.4, 0.5) is 5.13 Å². The van der Waals surface area contributed by atoms with Crippen molar-refractivity contribution in [3.8, 4) is 0 Å². The molecule has 106 valence electrons. The minimum Gasteiger partial charge on any atom is -0.343 e. The largest absolute Gasteiger partial charge is 0.343 e. The molecule has 1 atom stereocenters. The Hall–Kier alpha value is -0.680. The molecule has 1 saturated heterocycles. The highest BCUT2D eigenvalue weighted by atomic mass is 32.1. The Morgan fingerprint density at radius 3 is 2.74 bits per heavy atom. The average molecular weight is 280 g/mol. The second-order valence-electron chi connectivity index (χ2n) is 6.82. The maximum Gasteiger partial charge on any atom is 0.205 e. The van der Waals surface area contributed by atoms with E-state index < -0.39 is 0 Å². The first-order valence-corrected chi connectivity index (χ1v) is 8.15. The fraction of sp³-hybridized carbons (Fsp3) is 0.857. The Morgan fingerprint density at radius 1 is 1.32 bits per heavy atom. The molecule has 2 fully saturated rings. The zero-order valence-electron chi connectivity index (χ0n) is 12.1. The lowest BCUT2D eigenvalue weighted by molar-refractivity contribution is 0.549. The van der Waals surface area contributed by atoms with Crippen molar-refractivity contribution >= 4 is 16.7 Å². The zero-order chi connectivity index (χ0) is 13.5. The van der Waals surface area contributed by atoms with Crippen LogP contribution in [0.25, 0.3) is 0 Å². The molecule has 1 aromatic heterocycles. The summed E-state index contributed by atoms with van der Waals surface area (Å²) in [6, 6.07) is 1.41. The van der Waals surface area contributed by atoms with Crippen LogP contribution in [0.3, 0.4) is 0 Å². The van der Waals surface area contributed by atoms with Gasteiger partial charge in [-0.1, -0.05) is 20.8 Å². The van der Waals surface area contributed by atoms with E-state index in [1.54, 1.807) is 11.5 Å². The first kappa shape index (κ1) is 13.3. The number of hydrogen-bond donors (Lipinski definition) is 1. The molecule has 4 nitrogen and oxygen atoms in total. The number of nitrogens with zero attached hydrogens (tertiary/aromatic N) is 3. The summed E-state index contributed by atoms with van der Waals surface area (Å²) in [6.07, 6.45) is 5.28. The smallest absolute Gasteiger partial charge is 0.205 e. The van der Waals surface area contributed by atoms with Gasteiger partial charge < -0.3 is 10.2 Å². The lowest BCUT2D eigenvalue weighted by Crippen LogP contribution is -2.38. The number of anilines is 1. The third kappa shape index (κ3) is 3.08. The van der Waals surface area contributed by atoms with Gasteiger partial charge in [-0.15, -0.1) is 0 Å². The average Bonchev–Trinajstić information content (AvgIpc) is 2.87. The summed E-state index contributed by atoms with van der Waals surface area (Å²) in [5.41, 5.74) is 0.0518. The molecule has 0 aromatic carbocycles. The monoisotopic (exact) mass is 280 g/mol. The second-order valence-corrected chi connectivity index (χ2v) is 7.55. The van der Waals surface area contributed by atoms with E-state index in [0.717, 1.165) is 30.1 Å². The molecule has 5 heteroatoms. The van der Waals surface area contributed by atoms with Crippen LogP contribution in [0, 0.1) is 0 Å². The number of hydrogen-bond acceptors (Lipinski definition) is 5. The molecular weight excluding hydrogens is 256 g/mol. The molecule has 1 aliphatic heterocycles. The van der Waals surface area contributed by atoms with E-state index in [1.807, 2.05) is 0 Å². The minimum atomic E-state index is 0.0518. The highest BCUT2D eigenvalue weighted by Crippen LogP contribution is 2.30. The fourth-order valence-corrected chi connectivity index (χ4v) is 3.48. The van der Waals surface area contributed by atoms with Crippen molar-refractivity contribution in [3.05, 3.63) is 5.82 Å². The SMILES string of the molecule is CC(C)(C)c1nsc(N2CCCC2CNC2CC2)n1. The molecule has 0 spiro atoms. The van der Waals surface area contributed by atoms with Gasteiger partial charge in [-0.05, 0) is 25.7 Å². The Morgan fingerprint density at radius 2 is 2.11 bits per heavy atom. The van der Waals surface area contributed by atoms with E-state index in [2.05, 4.69) is 35.4 Å². The van der Waals surface area contributed by atoms with E-state index in [9.17, 15) is 0 Å². The first-order valence-electron chi connectivity index (χ1n) is 7.38. The lowest BCUT2D eigenvalue weighted by atomic mass is 9.96. The quantitative estimate of drug-likeness (QED) is 0.920. The van der Waals surface area contributed by atoms with Crippen LogP contribution >= 0.6 is 11.5 Å². The molecule has 19 heavy (non-hydrogen) atoms. The molecule has 1 N–H and O–H groups in total. The van der Waals surface area contributed by atoms with Gasteiger partial charge in [-0.3, -0.25) is 0 Å². The standard InChI is InChI=1S/C14H24N4S/c1-14(2,3)12-16-13(19-17-12)18-8-4-5-11(18)9-15-10-6-7-10/h10-11,15H,4-9H2,1-3H3. The van der Waals surface area contributed by atoms with Crippen molar-refractivity contribution in [1.29, 1.82) is 0 Å². The predicted octanol–water partition coefficient (Wildman–Crippen LogP) is 2.56. The van der Waals surface area contributed by atoms with E-state index in [-0.39, 0.29) is 5.41 Å². The summed E-state index contributed by atoms with van der Waals surface area (Å²) in [5.74, 6) is 0.980. The van der Waals surface area contributed by atoms with E-state index in [0.29, 0.717) is 6.04 Å². The summed E-state index contributed by atoms with van der Waals surface area (Å²) < 4.78 is 4.54. The van der Waals surface area contributed by atoms with Gasteiger partial charge in [0.15, 0.2) is 0 Å². The normalized spacial score (nSPS) is 24.2. The van der Waals surface area contributed by atoms with Crippen molar-refractivity contribution in [2.24, 2.45) is 0 Å². The molecule has 1 saturated carbocycles. The third-order valence-electron chi connectivity index (χ3n) is 3.93. The van der Waals surface area contributed by atoms with Crippen LogP contribution in [-0.4, -0.2) is 34.5 Å². The van der Waals surface area contributed by atoms with E-state index >= 15 is 0 Å². The number of rotatable bonds is 4. The van der Waals surface area contributed by atoms with Crippen LogP contribution in [0.1, 0.15) is 52.3 Å². The molecular formula is C14H24N4S. The predicted molar refractivity (Wildman–Crippen MR) is 80.0 cm³/mol. The summed E-state index contributed by atoms with van der Waals surface area (Å²) in [5, 5.41) is 4.77. The van der Waals surface area contributed by atoms with Crippen LogP contribution in [0.15, 0.2) is 0 Å². The summed E-state index contributed by atoms with van der Waals surface area (Å²) in [6.45, 7) is 8.77. The molecule has 0 bridgehead atoms. The van der Waals surface area contributed by atoms with Crippen LogP contribution in [0.5, 0.6) is 0 Å². The minimum absolute atomic E-state index is 0.0518. The molecule has 2 aliphatic rings. The Kier molecular flexibility index (Phi) is 3.52. The Labute approximate surface area is 119 Å². The molecule has 2 heterocycles. The third-order valence-corrected chi connectivity index (χ3v) is 4.68. The molecule has 0 amide bonds. The van der Waals surface area contributed by atoms with Crippen molar-refractivity contribution in [3.63, 3.8) is 0 Å². The van der Waals surface area contributed by atoms with Gasteiger partial charge in [0.25, 0.3) is 0 Å². The molecule has 0 radical (unpaired) electrons. The van der Waals surface area contributed by atoms with Crippen molar-refractivity contribution in [1.82, 2.24) is 14.7 Å². The van der Waals surface area contributed by atoms with Gasteiger partial charge >= 0.3 is 0 Å². The number of nitrogens with one attached hydrogen (secondary N) is 1. The van der Waals surface area contributed by atoms with Crippen LogP contribution in [-0.2, 0) is 5.41 Å². The van der Waals surface area contributed by atoms with E-state index in [4.69, 9.17) is 4.98 Å². The number of aromatic nitrogens is 2. The summed E-state index contributed by atoms with van der Waals surface area (Å²) in [4.78, 5) is 7.22. The zero-order valence-corrected chi connectivity index (χ0v) is 13.0. The Balaban J connectivity index is 1.67. The van der Waals surface area contributed by atoms with Gasteiger partial charge in [0.1, 0.15) is 5.82 Å². The first-order chi connectivity index (χ1) is 9.04. The summed E-state index contributed by atoms with van der Waals surface area (Å²) in [7, 11) is 0. The van der Waals surface area contributed by atoms with Gasteiger partial charge in [0, 0.05) is 42.1 Å². The van der Waals surface area contributed by atoms with Crippen LogP contribution in [0.2, 0.25) is 0 Å². The van der Waals surface area contributed by atoms with Gasteiger partial charge in [0.05, 0.1) is 0 Å². The summed E-state index contributed by atoms with van der Waals surface area (Å²) >= 11 is 1.56. The highest BCUT2D eigenvalue weighted by molar-refractivity contribution is 7.09. The maximum absolute atomic E-state index is 4.76. The van der Waals surface area contributed by atoms with Crippen molar-refractivity contribution < 1.29 is 0 Å². The Bertz CT molecular complexity index is 433.